The van der Waals surface area contributed by atoms with Crippen LogP contribution in [0.4, 0.5) is 0 Å². The topological polar surface area (TPSA) is 76.7 Å². The van der Waals surface area contributed by atoms with Crippen molar-refractivity contribution >= 4 is 11.9 Å². The van der Waals surface area contributed by atoms with Crippen molar-refractivity contribution in [1.29, 1.82) is 0 Å². The number of likely N-dealkylation sites (N-methyl/N-ethyl adjacent to an activating group) is 1. The summed E-state index contributed by atoms with van der Waals surface area (Å²) in [5.41, 5.74) is 2.63. The van der Waals surface area contributed by atoms with Crippen LogP contribution < -0.4 is 0 Å². The third-order valence-corrected chi connectivity index (χ3v) is 5.61. The highest BCUT2D eigenvalue weighted by Gasteiger charge is 2.24. The van der Waals surface area contributed by atoms with E-state index in [4.69, 9.17) is 14.3 Å². The summed E-state index contributed by atoms with van der Waals surface area (Å²) < 4.78 is 12.0. The molecule has 0 aliphatic rings. The fourth-order valence-electron chi connectivity index (χ4n) is 3.88. The van der Waals surface area contributed by atoms with Crippen molar-refractivity contribution in [3.05, 3.63) is 22.6 Å². The predicted octanol–water partition coefficient (Wildman–Crippen LogP) is 5.21. The van der Waals surface area contributed by atoms with Crippen LogP contribution in [-0.4, -0.2) is 55.3 Å². The molecule has 0 amide bonds. The zero-order valence-corrected chi connectivity index (χ0v) is 20.6. The van der Waals surface area contributed by atoms with Crippen molar-refractivity contribution in [2.75, 3.05) is 27.7 Å². The Morgan fingerprint density at radius 1 is 0.935 bits per heavy atom. The molecule has 1 rings (SSSR count). The van der Waals surface area contributed by atoms with E-state index in [1.807, 2.05) is 21.1 Å². The standard InChI is InChI=1S/C25H43NO5/c1-7-14-22-19(2)20(3)23(31-22)15-12-10-8-9-11-13-16-25(29)30-21(17-24(27)28)18-26(4,5)6/h21H,7-18H2,1-6H3/p+1. The molecule has 0 spiro atoms. The monoisotopic (exact) mass is 438 g/mol. The maximum absolute atomic E-state index is 12.1. The number of furan rings is 1. The molecule has 0 saturated heterocycles. The van der Waals surface area contributed by atoms with E-state index in [2.05, 4.69) is 20.8 Å². The Hall–Kier alpha value is -1.82. The largest absolute Gasteiger partial charge is 0.481 e. The molecule has 0 aliphatic carbocycles. The average molecular weight is 439 g/mol. The number of rotatable bonds is 16. The first-order valence-corrected chi connectivity index (χ1v) is 11.8. The number of hydrogen-bond acceptors (Lipinski definition) is 4. The molecule has 178 valence electrons. The first-order chi connectivity index (χ1) is 14.5. The van der Waals surface area contributed by atoms with E-state index in [-0.39, 0.29) is 12.4 Å². The average Bonchev–Trinajstić information content (AvgIpc) is 2.90. The molecule has 1 atom stereocenters. The number of carboxylic acid groups (broad SMARTS) is 1. The first kappa shape index (κ1) is 27.2. The molecule has 1 aromatic heterocycles. The second-order valence-corrected chi connectivity index (χ2v) is 9.75. The van der Waals surface area contributed by atoms with E-state index in [9.17, 15) is 9.59 Å². The minimum absolute atomic E-state index is 0.143. The number of unbranched alkanes of at least 4 members (excludes halogenated alkanes) is 5. The van der Waals surface area contributed by atoms with Gasteiger partial charge in [-0.25, -0.2) is 0 Å². The Kier molecular flexibility index (Phi) is 11.9. The number of aliphatic carboxylic acids is 1. The van der Waals surface area contributed by atoms with Gasteiger partial charge in [-0.15, -0.1) is 0 Å². The van der Waals surface area contributed by atoms with Crippen LogP contribution in [0.1, 0.15) is 87.4 Å². The highest BCUT2D eigenvalue weighted by molar-refractivity contribution is 5.71. The summed E-state index contributed by atoms with van der Waals surface area (Å²) in [6.45, 7) is 6.99. The molecule has 1 heterocycles. The van der Waals surface area contributed by atoms with Crippen molar-refractivity contribution in [2.24, 2.45) is 0 Å². The molecule has 6 heteroatoms. The molecule has 0 saturated carbocycles. The molecule has 0 fully saturated rings. The second kappa shape index (κ2) is 13.6. The summed E-state index contributed by atoms with van der Waals surface area (Å²) in [7, 11) is 5.88. The van der Waals surface area contributed by atoms with Crippen LogP contribution in [0.2, 0.25) is 0 Å². The molecule has 1 aromatic rings. The Morgan fingerprint density at radius 3 is 2.03 bits per heavy atom. The summed E-state index contributed by atoms with van der Waals surface area (Å²) in [6.07, 6.45) is 9.09. The third kappa shape index (κ3) is 11.4. The minimum atomic E-state index is -0.937. The first-order valence-electron chi connectivity index (χ1n) is 11.8. The lowest BCUT2D eigenvalue weighted by atomic mass is 10.0. The van der Waals surface area contributed by atoms with Gasteiger partial charge in [0.15, 0.2) is 6.10 Å². The highest BCUT2D eigenvalue weighted by Crippen LogP contribution is 2.24. The van der Waals surface area contributed by atoms with Gasteiger partial charge in [0.05, 0.1) is 27.6 Å². The molecular formula is C25H44NO5+. The van der Waals surface area contributed by atoms with Crippen LogP contribution in [0.5, 0.6) is 0 Å². The van der Waals surface area contributed by atoms with Gasteiger partial charge < -0.3 is 18.7 Å². The van der Waals surface area contributed by atoms with Crippen LogP contribution >= 0.6 is 0 Å². The summed E-state index contributed by atoms with van der Waals surface area (Å²) >= 11 is 0. The van der Waals surface area contributed by atoms with Crippen LogP contribution in [-0.2, 0) is 27.2 Å². The highest BCUT2D eigenvalue weighted by atomic mass is 16.5. The van der Waals surface area contributed by atoms with E-state index < -0.39 is 12.1 Å². The van der Waals surface area contributed by atoms with Gasteiger partial charge in [-0.2, -0.15) is 0 Å². The summed E-state index contributed by atoms with van der Waals surface area (Å²) in [5, 5.41) is 9.03. The summed E-state index contributed by atoms with van der Waals surface area (Å²) in [5.74, 6) is 1.07. The van der Waals surface area contributed by atoms with E-state index in [1.165, 1.54) is 11.1 Å². The molecular weight excluding hydrogens is 394 g/mol. The fourth-order valence-corrected chi connectivity index (χ4v) is 3.88. The fraction of sp³-hybridized carbons (Fsp3) is 0.760. The minimum Gasteiger partial charge on any atom is -0.481 e. The van der Waals surface area contributed by atoms with Crippen molar-refractivity contribution in [3.8, 4) is 0 Å². The van der Waals surface area contributed by atoms with Crippen molar-refractivity contribution in [2.45, 2.75) is 97.5 Å². The normalized spacial score (nSPS) is 12.7. The van der Waals surface area contributed by atoms with Gasteiger partial charge in [0, 0.05) is 19.3 Å². The van der Waals surface area contributed by atoms with Gasteiger partial charge >= 0.3 is 11.9 Å². The van der Waals surface area contributed by atoms with Gasteiger partial charge in [-0.05, 0) is 44.2 Å². The second-order valence-electron chi connectivity index (χ2n) is 9.75. The molecule has 1 N–H and O–H groups in total. The number of quaternary nitrogens is 1. The van der Waals surface area contributed by atoms with Gasteiger partial charge in [0.2, 0.25) is 0 Å². The zero-order chi connectivity index (χ0) is 23.4. The molecule has 1 unspecified atom stereocenters. The number of hydrogen-bond donors (Lipinski definition) is 1. The summed E-state index contributed by atoms with van der Waals surface area (Å²) in [6, 6.07) is 0. The predicted molar refractivity (Wildman–Crippen MR) is 123 cm³/mol. The number of carbonyl (C=O) groups excluding carboxylic acids is 1. The van der Waals surface area contributed by atoms with Crippen molar-refractivity contribution in [1.82, 2.24) is 0 Å². The van der Waals surface area contributed by atoms with Crippen LogP contribution in [0, 0.1) is 13.8 Å². The van der Waals surface area contributed by atoms with E-state index in [0.29, 0.717) is 17.4 Å². The third-order valence-electron chi connectivity index (χ3n) is 5.61. The van der Waals surface area contributed by atoms with Gasteiger partial charge in [0.25, 0.3) is 0 Å². The Balaban J connectivity index is 2.19. The van der Waals surface area contributed by atoms with Crippen molar-refractivity contribution in [3.63, 3.8) is 0 Å². The van der Waals surface area contributed by atoms with E-state index in [0.717, 1.165) is 69.3 Å². The van der Waals surface area contributed by atoms with Crippen LogP contribution in [0.25, 0.3) is 0 Å². The lowest BCUT2D eigenvalue weighted by Gasteiger charge is -2.28. The van der Waals surface area contributed by atoms with Crippen LogP contribution in [0.15, 0.2) is 4.42 Å². The lowest BCUT2D eigenvalue weighted by Crippen LogP contribution is -2.43. The number of carboxylic acids is 1. The Bertz CT molecular complexity index is 687. The zero-order valence-electron chi connectivity index (χ0n) is 20.6. The number of carbonyl (C=O) groups is 2. The maximum atomic E-state index is 12.1. The summed E-state index contributed by atoms with van der Waals surface area (Å²) in [4.78, 5) is 23.1. The lowest BCUT2D eigenvalue weighted by molar-refractivity contribution is -0.873. The molecule has 6 nitrogen and oxygen atoms in total. The number of aryl methyl sites for hydroxylation is 2. The Labute approximate surface area is 188 Å². The molecule has 31 heavy (non-hydrogen) atoms. The van der Waals surface area contributed by atoms with Gasteiger partial charge in [-0.3, -0.25) is 9.59 Å². The molecule has 0 bridgehead atoms. The van der Waals surface area contributed by atoms with Gasteiger partial charge in [0.1, 0.15) is 18.1 Å². The quantitative estimate of drug-likeness (QED) is 0.218. The van der Waals surface area contributed by atoms with Crippen molar-refractivity contribution < 1.29 is 28.3 Å². The van der Waals surface area contributed by atoms with Gasteiger partial charge in [-0.1, -0.05) is 32.6 Å². The molecule has 0 aliphatic heterocycles. The smallest absolute Gasteiger partial charge is 0.307 e. The molecule has 0 radical (unpaired) electrons. The van der Waals surface area contributed by atoms with E-state index in [1.54, 1.807) is 0 Å². The van der Waals surface area contributed by atoms with Crippen LogP contribution in [0.3, 0.4) is 0 Å². The number of nitrogens with zero attached hydrogens (tertiary/aromatic N) is 1. The maximum Gasteiger partial charge on any atom is 0.307 e. The number of ether oxygens (including phenoxy) is 1. The number of esters is 1. The van der Waals surface area contributed by atoms with E-state index >= 15 is 0 Å². The SMILES string of the molecule is CCCc1oc(CCCCCCCCC(=O)OC(CC(=O)O)C[N+](C)(C)C)c(C)c1C. The Morgan fingerprint density at radius 2 is 1.48 bits per heavy atom. The molecule has 0 aromatic carbocycles.